The molecule has 122 valence electrons. The summed E-state index contributed by atoms with van der Waals surface area (Å²) < 4.78 is 0. The van der Waals surface area contributed by atoms with Crippen LogP contribution in [-0.4, -0.2) is 39.5 Å². The van der Waals surface area contributed by atoms with E-state index >= 15 is 0 Å². The van der Waals surface area contributed by atoms with E-state index in [1.54, 1.807) is 6.20 Å². The zero-order chi connectivity index (χ0) is 16.3. The van der Waals surface area contributed by atoms with Crippen LogP contribution in [0.4, 0.5) is 5.95 Å². The molecule has 3 unspecified atom stereocenters. The topological polar surface area (TPSA) is 70.8 Å². The van der Waals surface area contributed by atoms with E-state index < -0.39 is 0 Å². The highest BCUT2D eigenvalue weighted by atomic mass is 15.2. The predicted molar refractivity (Wildman–Crippen MR) is 95.0 cm³/mol. The molecule has 3 aromatic rings. The van der Waals surface area contributed by atoms with Crippen molar-refractivity contribution in [3.63, 3.8) is 0 Å². The number of hydrogen-bond acceptors (Lipinski definition) is 4. The first kappa shape index (κ1) is 14.0. The molecule has 3 N–H and O–H groups in total. The summed E-state index contributed by atoms with van der Waals surface area (Å²) in [5.41, 5.74) is 11.1. The molecule has 1 aromatic carbocycles. The zero-order valence-corrected chi connectivity index (χ0v) is 13.7. The number of likely N-dealkylation sites (tertiary alicyclic amines) is 1. The highest BCUT2D eigenvalue weighted by Crippen LogP contribution is 2.46. The fourth-order valence-corrected chi connectivity index (χ4v) is 4.77. The second-order valence-corrected chi connectivity index (χ2v) is 7.17. The number of fused-ring (bicyclic) bond motifs is 2. The van der Waals surface area contributed by atoms with Crippen molar-refractivity contribution in [2.75, 3.05) is 19.3 Å². The average Bonchev–Trinajstić information content (AvgIpc) is 3.00. The second-order valence-electron chi connectivity index (χ2n) is 7.17. The number of likely N-dealkylation sites (N-methyl/N-ethyl adjacent to an activating group) is 1. The quantitative estimate of drug-likeness (QED) is 0.723. The molecule has 5 nitrogen and oxygen atoms in total. The van der Waals surface area contributed by atoms with E-state index in [0.29, 0.717) is 23.8 Å². The number of nitrogens with one attached hydrogen (secondary N) is 1. The van der Waals surface area contributed by atoms with Crippen LogP contribution in [0.3, 0.4) is 0 Å². The van der Waals surface area contributed by atoms with Crippen LogP contribution in [0.1, 0.15) is 35.1 Å². The Morgan fingerprint density at radius 2 is 2.21 bits per heavy atom. The molecule has 24 heavy (non-hydrogen) atoms. The fraction of sp³-hybridized carbons (Fsp3) is 0.368. The molecule has 1 aliphatic heterocycles. The van der Waals surface area contributed by atoms with Gasteiger partial charge in [0.25, 0.3) is 0 Å². The molecule has 3 heterocycles. The van der Waals surface area contributed by atoms with Crippen molar-refractivity contribution in [3.05, 3.63) is 53.5 Å². The summed E-state index contributed by atoms with van der Waals surface area (Å²) >= 11 is 0. The molecule has 2 aromatic heterocycles. The molecule has 5 heteroatoms. The largest absolute Gasteiger partial charge is 0.368 e. The lowest BCUT2D eigenvalue weighted by atomic mass is 9.72. The van der Waals surface area contributed by atoms with Gasteiger partial charge >= 0.3 is 0 Å². The number of piperidine rings is 1. The highest BCUT2D eigenvalue weighted by molar-refractivity contribution is 5.88. The number of nitrogens with zero attached hydrogens (tertiary/aromatic N) is 3. The Morgan fingerprint density at radius 1 is 1.29 bits per heavy atom. The molecule has 0 saturated carbocycles. The van der Waals surface area contributed by atoms with Gasteiger partial charge in [-0.3, -0.25) is 0 Å². The smallest absolute Gasteiger partial charge is 0.220 e. The molecule has 2 aliphatic rings. The number of H-pyrrole nitrogens is 1. The van der Waals surface area contributed by atoms with E-state index in [4.69, 9.17) is 5.73 Å². The predicted octanol–water partition coefficient (Wildman–Crippen LogP) is 2.67. The summed E-state index contributed by atoms with van der Waals surface area (Å²) in [5.74, 6) is 1.31. The summed E-state index contributed by atoms with van der Waals surface area (Å²) in [5, 5.41) is 1.44. The van der Waals surface area contributed by atoms with Crippen molar-refractivity contribution in [3.8, 4) is 0 Å². The van der Waals surface area contributed by atoms with Crippen LogP contribution < -0.4 is 5.73 Å². The van der Waals surface area contributed by atoms with Crippen molar-refractivity contribution >= 4 is 16.9 Å². The van der Waals surface area contributed by atoms with Gasteiger partial charge < -0.3 is 15.6 Å². The number of aromatic amines is 1. The van der Waals surface area contributed by atoms with Gasteiger partial charge in [0, 0.05) is 47.7 Å². The minimum absolute atomic E-state index is 0.371. The number of aromatic nitrogens is 3. The van der Waals surface area contributed by atoms with Crippen LogP contribution in [0.15, 0.2) is 36.7 Å². The van der Waals surface area contributed by atoms with Crippen LogP contribution in [0.25, 0.3) is 10.9 Å². The van der Waals surface area contributed by atoms with Gasteiger partial charge in [-0.1, -0.05) is 12.1 Å². The second kappa shape index (κ2) is 5.05. The number of benzene rings is 1. The summed E-state index contributed by atoms with van der Waals surface area (Å²) in [6.45, 7) is 1.02. The standard InChI is InChI=1S/C19H21N5/c1-24-10-12(15-5-6-21-19(20)23-15)7-14-13-3-2-4-16-18(13)11(9-22-16)8-17(14)24/h2-6,9,12,14,17,22H,7-8,10H2,1H3,(H2,20,21,23). The maximum atomic E-state index is 5.80. The minimum Gasteiger partial charge on any atom is -0.368 e. The number of rotatable bonds is 1. The first-order valence-electron chi connectivity index (χ1n) is 8.58. The third-order valence-electron chi connectivity index (χ3n) is 5.84. The van der Waals surface area contributed by atoms with Crippen LogP contribution in [-0.2, 0) is 6.42 Å². The molecular formula is C19H21N5. The Hall–Kier alpha value is -2.40. The Labute approximate surface area is 140 Å². The van der Waals surface area contributed by atoms with E-state index in [2.05, 4.69) is 51.3 Å². The van der Waals surface area contributed by atoms with Crippen molar-refractivity contribution in [1.29, 1.82) is 0 Å². The lowest BCUT2D eigenvalue weighted by Crippen LogP contribution is -2.47. The van der Waals surface area contributed by atoms with E-state index in [1.807, 2.05) is 6.07 Å². The maximum Gasteiger partial charge on any atom is 0.220 e. The normalized spacial score (nSPS) is 26.5. The lowest BCUT2D eigenvalue weighted by molar-refractivity contribution is 0.138. The molecular weight excluding hydrogens is 298 g/mol. The SMILES string of the molecule is CN1CC(c2ccnc(N)n2)CC2c3cccc4[nH]cc(c34)CC21. The monoisotopic (exact) mass is 319 g/mol. The van der Waals surface area contributed by atoms with Crippen molar-refractivity contribution < 1.29 is 0 Å². The van der Waals surface area contributed by atoms with Gasteiger partial charge in [0.2, 0.25) is 5.95 Å². The molecule has 0 amide bonds. The van der Waals surface area contributed by atoms with E-state index in [1.165, 1.54) is 22.0 Å². The van der Waals surface area contributed by atoms with E-state index in [0.717, 1.165) is 25.1 Å². The van der Waals surface area contributed by atoms with Gasteiger partial charge in [-0.15, -0.1) is 0 Å². The van der Waals surface area contributed by atoms with Gasteiger partial charge in [-0.2, -0.15) is 0 Å². The van der Waals surface area contributed by atoms with Crippen LogP contribution >= 0.6 is 0 Å². The van der Waals surface area contributed by atoms with Crippen LogP contribution in [0.2, 0.25) is 0 Å². The number of anilines is 1. The number of nitrogens with two attached hydrogens (primary N) is 1. The molecule has 3 atom stereocenters. The first-order valence-corrected chi connectivity index (χ1v) is 8.58. The summed E-state index contributed by atoms with van der Waals surface area (Å²) in [4.78, 5) is 14.5. The lowest BCUT2D eigenvalue weighted by Gasteiger charge is -2.45. The average molecular weight is 319 g/mol. The molecule has 1 fully saturated rings. The van der Waals surface area contributed by atoms with Gasteiger partial charge in [0.05, 0.1) is 5.69 Å². The van der Waals surface area contributed by atoms with Crippen molar-refractivity contribution in [1.82, 2.24) is 19.9 Å². The highest BCUT2D eigenvalue weighted by Gasteiger charge is 2.40. The fourth-order valence-electron chi connectivity index (χ4n) is 4.77. The zero-order valence-electron chi connectivity index (χ0n) is 13.7. The maximum absolute atomic E-state index is 5.80. The van der Waals surface area contributed by atoms with E-state index in [9.17, 15) is 0 Å². The van der Waals surface area contributed by atoms with Gasteiger partial charge in [0.1, 0.15) is 0 Å². The Balaban J connectivity index is 1.58. The van der Waals surface area contributed by atoms with E-state index in [-0.39, 0.29) is 0 Å². The number of hydrogen-bond donors (Lipinski definition) is 2. The Bertz CT molecular complexity index is 915. The molecule has 1 saturated heterocycles. The van der Waals surface area contributed by atoms with Gasteiger partial charge in [0.15, 0.2) is 0 Å². The molecule has 0 radical (unpaired) electrons. The summed E-state index contributed by atoms with van der Waals surface area (Å²) in [6, 6.07) is 9.24. The molecule has 0 spiro atoms. The van der Waals surface area contributed by atoms with Crippen LogP contribution in [0, 0.1) is 0 Å². The Kier molecular flexibility index (Phi) is 2.94. The summed E-state index contributed by atoms with van der Waals surface area (Å²) in [7, 11) is 2.24. The third-order valence-corrected chi connectivity index (χ3v) is 5.84. The first-order chi connectivity index (χ1) is 11.7. The van der Waals surface area contributed by atoms with Crippen molar-refractivity contribution in [2.24, 2.45) is 0 Å². The molecule has 5 rings (SSSR count). The van der Waals surface area contributed by atoms with Crippen LogP contribution in [0.5, 0.6) is 0 Å². The van der Waals surface area contributed by atoms with Crippen molar-refractivity contribution in [2.45, 2.75) is 30.7 Å². The summed E-state index contributed by atoms with van der Waals surface area (Å²) in [6.07, 6.45) is 6.21. The Morgan fingerprint density at radius 3 is 3.08 bits per heavy atom. The third kappa shape index (κ3) is 1.97. The minimum atomic E-state index is 0.371. The number of nitrogen functional groups attached to an aromatic ring is 1. The molecule has 1 aliphatic carbocycles. The van der Waals surface area contributed by atoms with Gasteiger partial charge in [-0.25, -0.2) is 9.97 Å². The van der Waals surface area contributed by atoms with Gasteiger partial charge in [-0.05, 0) is 43.1 Å². The molecule has 0 bridgehead atoms.